The molecule has 0 radical (unpaired) electrons. The molecule has 1 N–H and O–H groups in total. The first kappa shape index (κ1) is 31.5. The molecule has 4 aromatic rings. The minimum absolute atomic E-state index is 0.0366. The molecule has 0 aliphatic carbocycles. The molecule has 1 amide bonds. The number of rotatable bonds is 11. The Balaban J connectivity index is 1.63. The maximum Gasteiger partial charge on any atom is 0.277 e. The summed E-state index contributed by atoms with van der Waals surface area (Å²) in [5, 5.41) is 2.73. The highest BCUT2D eigenvalue weighted by molar-refractivity contribution is 6.09. The van der Waals surface area contributed by atoms with Crippen molar-refractivity contribution in [1.29, 1.82) is 0 Å². The van der Waals surface area contributed by atoms with Crippen LogP contribution in [-0.4, -0.2) is 40.1 Å². The number of hydrogen-bond acceptors (Lipinski definition) is 6. The first-order valence-electron chi connectivity index (χ1n) is 15.4. The lowest BCUT2D eigenvalue weighted by molar-refractivity contribution is -0.119. The molecule has 0 saturated carbocycles. The van der Waals surface area contributed by atoms with E-state index in [1.807, 2.05) is 19.1 Å². The van der Waals surface area contributed by atoms with Crippen LogP contribution in [0.2, 0.25) is 0 Å². The minimum Gasteiger partial charge on any atom is -0.372 e. The molecule has 232 valence electrons. The number of carbonyl (C=O) groups is 3. The second-order valence-electron chi connectivity index (χ2n) is 11.5. The van der Waals surface area contributed by atoms with Gasteiger partial charge in [-0.05, 0) is 73.4 Å². The number of halogens is 1. The summed E-state index contributed by atoms with van der Waals surface area (Å²) in [6, 6.07) is 17.9. The van der Waals surface area contributed by atoms with Crippen LogP contribution < -0.4 is 15.8 Å². The summed E-state index contributed by atoms with van der Waals surface area (Å²) in [7, 11) is 0. The second kappa shape index (κ2) is 13.8. The Hall–Kier alpha value is -4.92. The summed E-state index contributed by atoms with van der Waals surface area (Å²) < 4.78 is 15.1. The fraction of sp³-hybridized carbons (Fsp3) is 0.306. The third kappa shape index (κ3) is 7.09. The molecule has 0 bridgehead atoms. The van der Waals surface area contributed by atoms with Crippen molar-refractivity contribution in [2.75, 3.05) is 23.3 Å². The number of nitrogens with one attached hydrogen (secondary N) is 1. The molecule has 9 heteroatoms. The van der Waals surface area contributed by atoms with Crippen molar-refractivity contribution in [2.45, 2.75) is 53.0 Å². The molecule has 1 atom stereocenters. The van der Waals surface area contributed by atoms with Crippen LogP contribution in [0.4, 0.5) is 15.8 Å². The lowest BCUT2D eigenvalue weighted by Gasteiger charge is -2.21. The van der Waals surface area contributed by atoms with Gasteiger partial charge in [0.2, 0.25) is 5.91 Å². The van der Waals surface area contributed by atoms with Gasteiger partial charge in [0.15, 0.2) is 11.6 Å². The van der Waals surface area contributed by atoms with Gasteiger partial charge in [-0.25, -0.2) is 9.37 Å². The fourth-order valence-corrected chi connectivity index (χ4v) is 5.44. The van der Waals surface area contributed by atoms with Crippen LogP contribution in [0.15, 0.2) is 77.7 Å². The number of aromatic nitrogens is 2. The topological polar surface area (TPSA) is 101 Å². The molecule has 1 fully saturated rings. The predicted octanol–water partition coefficient (Wildman–Crippen LogP) is 6.51. The Morgan fingerprint density at radius 2 is 1.67 bits per heavy atom. The third-order valence-corrected chi connectivity index (χ3v) is 8.29. The van der Waals surface area contributed by atoms with E-state index in [4.69, 9.17) is 0 Å². The van der Waals surface area contributed by atoms with Crippen LogP contribution in [0.5, 0.6) is 0 Å². The highest BCUT2D eigenvalue weighted by Crippen LogP contribution is 2.27. The quantitative estimate of drug-likeness (QED) is 0.195. The van der Waals surface area contributed by atoms with Crippen molar-refractivity contribution >= 4 is 28.8 Å². The van der Waals surface area contributed by atoms with E-state index in [1.54, 1.807) is 44.2 Å². The van der Waals surface area contributed by atoms with Gasteiger partial charge in [-0.15, -0.1) is 0 Å². The van der Waals surface area contributed by atoms with Gasteiger partial charge >= 0.3 is 0 Å². The Kier molecular flexibility index (Phi) is 9.66. The Morgan fingerprint density at radius 1 is 0.933 bits per heavy atom. The summed E-state index contributed by atoms with van der Waals surface area (Å²) in [6.45, 7) is 7.20. The van der Waals surface area contributed by atoms with E-state index >= 15 is 0 Å². The Bertz CT molecular complexity index is 1790. The molecule has 0 unspecified atom stereocenters. The fourth-order valence-electron chi connectivity index (χ4n) is 5.44. The van der Waals surface area contributed by atoms with Gasteiger partial charge in [0, 0.05) is 53.4 Å². The largest absolute Gasteiger partial charge is 0.372 e. The highest BCUT2D eigenvalue weighted by Gasteiger charge is 2.21. The number of amides is 1. The maximum atomic E-state index is 14.0. The number of hydrogen-bond donors (Lipinski definition) is 1. The molecular formula is C36H37FN4O4. The number of anilines is 2. The van der Waals surface area contributed by atoms with Crippen molar-refractivity contribution < 1.29 is 18.8 Å². The molecule has 1 aromatic heterocycles. The van der Waals surface area contributed by atoms with Gasteiger partial charge in [-0.2, -0.15) is 0 Å². The van der Waals surface area contributed by atoms with E-state index in [9.17, 15) is 23.6 Å². The number of ketones is 2. The molecule has 2 heterocycles. The van der Waals surface area contributed by atoms with E-state index in [0.29, 0.717) is 46.5 Å². The number of carbonyl (C=O) groups excluding carboxylic acids is 3. The van der Waals surface area contributed by atoms with Gasteiger partial charge < -0.3 is 10.2 Å². The zero-order valence-electron chi connectivity index (χ0n) is 25.8. The standard InChI is InChI=1S/C36H37FN4O4/c1-4-23(3)35(44)39-31-21-38-34(27-10-8-9-26(19-27)32(42)5-2)41(36(31)45)22-24-17-28(20-30(18-24)40-15-6-7-16-40)33(43)25-11-13-29(37)14-12-25/h8-14,17-21,23H,4-7,15-16,22H2,1-3H3,(H,39,44)/t23-/m1/s1. The Morgan fingerprint density at radius 3 is 2.36 bits per heavy atom. The van der Waals surface area contributed by atoms with E-state index in [2.05, 4.69) is 15.2 Å². The summed E-state index contributed by atoms with van der Waals surface area (Å²) in [5.74, 6) is -0.984. The van der Waals surface area contributed by atoms with Gasteiger partial charge in [0.25, 0.3) is 5.56 Å². The van der Waals surface area contributed by atoms with Crippen molar-refractivity contribution in [3.63, 3.8) is 0 Å². The van der Waals surface area contributed by atoms with Crippen LogP contribution in [0, 0.1) is 11.7 Å². The molecular weight excluding hydrogens is 571 g/mol. The SMILES string of the molecule is CCC(=O)c1cccc(-c2ncc(NC(=O)[C@H](C)CC)c(=O)n2Cc2cc(C(=O)c3ccc(F)cc3)cc(N3CCCC3)c2)c1. The highest BCUT2D eigenvalue weighted by atomic mass is 19.1. The summed E-state index contributed by atoms with van der Waals surface area (Å²) in [5.41, 5.74) is 2.98. The second-order valence-corrected chi connectivity index (χ2v) is 11.5. The van der Waals surface area contributed by atoms with Crippen molar-refractivity contribution in [1.82, 2.24) is 9.55 Å². The number of nitrogens with zero attached hydrogens (tertiary/aromatic N) is 3. The predicted molar refractivity (Wildman–Crippen MR) is 173 cm³/mol. The van der Waals surface area contributed by atoms with E-state index < -0.39 is 11.4 Å². The van der Waals surface area contributed by atoms with E-state index in [0.717, 1.165) is 31.6 Å². The van der Waals surface area contributed by atoms with Gasteiger partial charge in [0.1, 0.15) is 17.3 Å². The first-order chi connectivity index (χ1) is 21.7. The normalized spacial score (nSPS) is 13.5. The lowest BCUT2D eigenvalue weighted by Crippen LogP contribution is -2.30. The first-order valence-corrected chi connectivity index (χ1v) is 15.4. The van der Waals surface area contributed by atoms with Gasteiger partial charge in [0.05, 0.1) is 12.7 Å². The zero-order chi connectivity index (χ0) is 32.1. The molecule has 1 aliphatic heterocycles. The van der Waals surface area contributed by atoms with Crippen LogP contribution in [0.1, 0.15) is 78.3 Å². The van der Waals surface area contributed by atoms with E-state index in [1.165, 1.54) is 35.0 Å². The number of benzene rings is 3. The smallest absolute Gasteiger partial charge is 0.277 e. The average molecular weight is 609 g/mol. The zero-order valence-corrected chi connectivity index (χ0v) is 25.8. The van der Waals surface area contributed by atoms with Crippen LogP contribution in [-0.2, 0) is 11.3 Å². The molecule has 45 heavy (non-hydrogen) atoms. The van der Waals surface area contributed by atoms with Crippen molar-refractivity contribution in [3.05, 3.63) is 111 Å². The monoisotopic (exact) mass is 608 g/mol. The molecule has 1 aliphatic rings. The Labute approximate surface area is 261 Å². The van der Waals surface area contributed by atoms with Gasteiger partial charge in [-0.1, -0.05) is 39.0 Å². The molecule has 8 nitrogen and oxygen atoms in total. The lowest BCUT2D eigenvalue weighted by atomic mass is 9.99. The van der Waals surface area contributed by atoms with Crippen LogP contribution >= 0.6 is 0 Å². The van der Waals surface area contributed by atoms with Crippen LogP contribution in [0.3, 0.4) is 0 Å². The average Bonchev–Trinajstić information content (AvgIpc) is 3.61. The summed E-state index contributed by atoms with van der Waals surface area (Å²) in [6.07, 6.45) is 4.36. The maximum absolute atomic E-state index is 14.0. The minimum atomic E-state index is -0.457. The molecule has 0 spiro atoms. The third-order valence-electron chi connectivity index (χ3n) is 8.29. The van der Waals surface area contributed by atoms with Crippen molar-refractivity contribution in [3.8, 4) is 11.4 Å². The molecule has 3 aromatic carbocycles. The number of Topliss-reactive ketones (excluding diaryl/α,β-unsaturated/α-hetero) is 1. The molecule has 1 saturated heterocycles. The van der Waals surface area contributed by atoms with Crippen LogP contribution in [0.25, 0.3) is 11.4 Å². The summed E-state index contributed by atoms with van der Waals surface area (Å²) >= 11 is 0. The molecule has 5 rings (SSSR count). The van der Waals surface area contributed by atoms with Crippen molar-refractivity contribution in [2.24, 2.45) is 5.92 Å². The summed E-state index contributed by atoms with van der Waals surface area (Å²) in [4.78, 5) is 59.7. The van der Waals surface area contributed by atoms with E-state index in [-0.39, 0.29) is 35.6 Å². The van der Waals surface area contributed by atoms with Gasteiger partial charge in [-0.3, -0.25) is 23.7 Å².